The minimum Gasteiger partial charge on any atom is -0.338 e. The number of urea groups is 8. The number of benzene rings is 11. The van der Waals surface area contributed by atoms with Gasteiger partial charge in [-0.05, 0) is 285 Å². The zero-order chi connectivity index (χ0) is 93.8. The van der Waals surface area contributed by atoms with Gasteiger partial charge < -0.3 is 85.1 Å². The number of aryl methyl sites for hydroxylation is 9. The Morgan fingerprint density at radius 1 is 0.297 bits per heavy atom. The lowest BCUT2D eigenvalue weighted by Crippen LogP contribution is -2.34. The topological polar surface area (TPSA) is 329 Å². The summed E-state index contributed by atoms with van der Waals surface area (Å²) in [7, 11) is 0. The fraction of sp³-hybridized carbons (Fsp3) is 0.262. The van der Waals surface area contributed by atoms with E-state index in [1.807, 2.05) is 344 Å². The molecule has 0 aliphatic heterocycles. The normalized spacial score (nSPS) is 9.83. The highest BCUT2D eigenvalue weighted by Gasteiger charge is 2.10. The molecule has 11 aromatic rings. The lowest BCUT2D eigenvalue weighted by atomic mass is 10.0. The molecule has 0 unspecified atom stereocenters. The van der Waals surface area contributed by atoms with E-state index in [-0.39, 0.29) is 54.3 Å². The second-order valence-electron chi connectivity index (χ2n) is 30.4. The summed E-state index contributed by atoms with van der Waals surface area (Å²) in [6.45, 7) is 36.6. The maximum atomic E-state index is 11.9. The molecule has 0 saturated carbocycles. The van der Waals surface area contributed by atoms with Crippen LogP contribution in [0.5, 0.6) is 0 Å². The predicted molar refractivity (Wildman–Crippen MR) is 535 cm³/mol. The van der Waals surface area contributed by atoms with Crippen LogP contribution < -0.4 is 85.1 Å². The van der Waals surface area contributed by atoms with Crippen molar-refractivity contribution in [3.63, 3.8) is 0 Å². The van der Waals surface area contributed by atoms with Crippen LogP contribution in [-0.4, -0.2) is 92.9 Å². The van der Waals surface area contributed by atoms with Crippen molar-refractivity contribution in [2.75, 3.05) is 91.8 Å². The van der Waals surface area contributed by atoms with Crippen molar-refractivity contribution >= 4 is 117 Å². The number of unbranched alkanes of at least 4 members (excludes halogenated alkanes) is 1. The average Bonchev–Trinajstić information content (AvgIpc) is 0.879. The Kier molecular flexibility index (Phi) is 51.2. The van der Waals surface area contributed by atoms with Crippen LogP contribution >= 0.6 is 11.6 Å². The lowest BCUT2D eigenvalue weighted by molar-refractivity contribution is 0.249. The highest BCUT2D eigenvalue weighted by atomic mass is 35.5. The Balaban J connectivity index is 0.000000308. The Bertz CT molecular complexity index is 5100. The molecule has 0 aromatic heterocycles. The number of carbonyl (C=O) groups is 8. The highest BCUT2D eigenvalue weighted by Crippen LogP contribution is 2.20. The first-order valence-electron chi connectivity index (χ1n) is 42.8. The number of hydrogen-bond donors (Lipinski definition) is 16. The van der Waals surface area contributed by atoms with Crippen LogP contribution in [0.25, 0.3) is 0 Å². The van der Waals surface area contributed by atoms with Gasteiger partial charge in [-0.25, -0.2) is 38.4 Å². The fourth-order valence-electron chi connectivity index (χ4n) is 11.2. The summed E-state index contributed by atoms with van der Waals surface area (Å²) in [5.74, 6) is 1.05. The van der Waals surface area contributed by atoms with E-state index >= 15 is 0 Å². The minimum absolute atomic E-state index is 0.131. The van der Waals surface area contributed by atoms with Crippen molar-refractivity contribution in [2.24, 2.45) is 0 Å². The molecule has 0 atom stereocenters. The third kappa shape index (κ3) is 50.4. The number of carbonyl (C=O) groups excluding carboxylic acids is 8. The van der Waals surface area contributed by atoms with Crippen LogP contribution in [-0.2, 0) is 6.42 Å². The third-order valence-corrected chi connectivity index (χ3v) is 17.7. The summed E-state index contributed by atoms with van der Waals surface area (Å²) in [6, 6.07) is 86.0. The molecule has 0 heterocycles. The third-order valence-electron chi connectivity index (χ3n) is 17.5. The molecule has 11 aromatic carbocycles. The van der Waals surface area contributed by atoms with E-state index in [0.29, 0.717) is 38.0 Å². The monoisotopic (exact) mass is 1760 g/mol. The first kappa shape index (κ1) is 106. The van der Waals surface area contributed by atoms with E-state index in [2.05, 4.69) is 125 Å². The lowest BCUT2D eigenvalue weighted by Gasteiger charge is -2.10. The van der Waals surface area contributed by atoms with Crippen LogP contribution in [0.1, 0.15) is 128 Å². The largest absolute Gasteiger partial charge is 0.338 e. The van der Waals surface area contributed by atoms with E-state index in [4.69, 9.17) is 11.6 Å². The molecule has 24 nitrogen and oxygen atoms in total. The van der Waals surface area contributed by atoms with Gasteiger partial charge >= 0.3 is 48.2 Å². The average molecular weight is 1760 g/mol. The molecular formula is C103H131ClN16O8. The zero-order valence-corrected chi connectivity index (χ0v) is 77.4. The number of nitrogens with one attached hydrogen (secondary N) is 16. The fourth-order valence-corrected chi connectivity index (χ4v) is 11.3. The smallest absolute Gasteiger partial charge is 0.323 e. The van der Waals surface area contributed by atoms with Gasteiger partial charge in [-0.15, -0.1) is 18.2 Å². The number of halogens is 1. The molecule has 0 fully saturated rings. The number of anilines is 10. The molecule has 0 saturated heterocycles. The SMILES string of the molecule is C=CCNC(=O)Nc1cccc(C)c1.CCCCNC(=O)Nc1cccc(C)c1.CCNC(=O)Nc1cccc(C)c1.Cc1ccc(NC(=O)Nc2cccc(C)c2)cc1.Cc1cccc(NC(=O)NC(C)C)c1.Cc1cccc(NC(=O)NCCCCl)c1.Cc1cccc(NC(=O)NCCc2ccccc2)c1.Cc1cccc(NC(=O)Nc2ccc(C(C)C)cc2)c1. The molecule has 128 heavy (non-hydrogen) atoms. The first-order chi connectivity index (χ1) is 61.4. The van der Waals surface area contributed by atoms with Crippen LogP contribution in [0.3, 0.4) is 0 Å². The number of hydrogen-bond acceptors (Lipinski definition) is 8. The van der Waals surface area contributed by atoms with E-state index in [1.165, 1.54) is 16.7 Å². The van der Waals surface area contributed by atoms with E-state index in [9.17, 15) is 38.4 Å². The summed E-state index contributed by atoms with van der Waals surface area (Å²) in [5.41, 5.74) is 20.7. The first-order valence-corrected chi connectivity index (χ1v) is 43.3. The van der Waals surface area contributed by atoms with Gasteiger partial charge in [-0.1, -0.05) is 190 Å². The van der Waals surface area contributed by atoms with Gasteiger partial charge in [0.05, 0.1) is 0 Å². The quantitative estimate of drug-likeness (QED) is 0.0156. The summed E-state index contributed by atoms with van der Waals surface area (Å²) < 4.78 is 0. The minimum atomic E-state index is -0.232. The van der Waals surface area contributed by atoms with Crippen LogP contribution in [0, 0.1) is 62.3 Å². The predicted octanol–water partition coefficient (Wildman–Crippen LogP) is 24.7. The van der Waals surface area contributed by atoms with Gasteiger partial charge in [0, 0.05) is 102 Å². The maximum Gasteiger partial charge on any atom is 0.323 e. The molecule has 11 rings (SSSR count). The van der Waals surface area contributed by atoms with Gasteiger partial charge in [0.15, 0.2) is 0 Å². The molecule has 678 valence electrons. The Hall–Kier alpha value is -14.4. The molecule has 25 heteroatoms. The second-order valence-corrected chi connectivity index (χ2v) is 30.8. The standard InChI is InChI=1S/C17H20N2O.C16H18N2O.C15H16N2O.C12H18N2O.C11H15ClN2O.C11H16N2O.C11H14N2O.C10H14N2O/c1-12(2)14-7-9-15(10-8-14)18-17(20)19-16-6-4-5-13(3)11-16;1-13-6-5-9-15(12-13)18-16(19)17-11-10-14-7-3-2-4-8-14;1-11-6-8-13(9-7-11)16-15(18)17-14-5-3-4-12(2)10-14;1-3-4-8-13-12(15)14-11-7-5-6-10(2)9-11;1-9-4-2-5-10(8-9)14-11(15)13-7-3-6-12;1-8(2)12-11(14)13-10-6-4-5-9(3)7-10;1-3-7-12-11(14)13-10-6-4-5-9(2)8-10;1-3-11-10(13)12-9-6-4-5-8(2)7-9/h4-12H,1-3H3,(H2,18,19,20);2-9,12H,10-11H2,1H3,(H2,17,18,19);3-10H,1-2H3,(H2,16,17,18);5-7,9H,3-4,8H2,1-2H3,(H2,13,14,15);2,4-5,8H,3,6-7H2,1H3,(H2,13,14,15);4-8H,1-3H3,(H2,12,13,14);3-6,8H,1,7H2,2H3,(H2,12,13,14);4-7H,3H2,1-2H3,(H2,11,12,13). The van der Waals surface area contributed by atoms with Crippen LogP contribution in [0.15, 0.2) is 286 Å². The Labute approximate surface area is 762 Å². The molecule has 16 N–H and O–H groups in total. The molecule has 16 amide bonds. The second kappa shape index (κ2) is 61.8. The highest BCUT2D eigenvalue weighted by molar-refractivity contribution is 6.17. The van der Waals surface area contributed by atoms with E-state index < -0.39 is 0 Å². The number of amides is 16. The molecule has 0 spiro atoms. The maximum absolute atomic E-state index is 11.9. The zero-order valence-electron chi connectivity index (χ0n) is 76.6. The van der Waals surface area contributed by atoms with Crippen molar-refractivity contribution in [3.05, 3.63) is 347 Å². The van der Waals surface area contributed by atoms with Gasteiger partial charge in [-0.2, -0.15) is 0 Å². The number of rotatable bonds is 24. The van der Waals surface area contributed by atoms with Gasteiger partial charge in [0.2, 0.25) is 0 Å². The number of alkyl halides is 1. The van der Waals surface area contributed by atoms with Crippen molar-refractivity contribution in [1.82, 2.24) is 31.9 Å². The summed E-state index contributed by atoms with van der Waals surface area (Å²) in [4.78, 5) is 91.7. The summed E-state index contributed by atoms with van der Waals surface area (Å²) >= 11 is 5.49. The van der Waals surface area contributed by atoms with Crippen LogP contribution in [0.2, 0.25) is 0 Å². The molecule has 0 aliphatic rings. The molecule has 0 radical (unpaired) electrons. The van der Waals surface area contributed by atoms with Crippen molar-refractivity contribution in [2.45, 2.75) is 141 Å². The van der Waals surface area contributed by atoms with Gasteiger partial charge in [-0.3, -0.25) is 0 Å². The Morgan fingerprint density at radius 2 is 0.578 bits per heavy atom. The summed E-state index contributed by atoms with van der Waals surface area (Å²) in [5, 5.41) is 44.2. The molecule has 0 bridgehead atoms. The Morgan fingerprint density at radius 3 is 0.867 bits per heavy atom. The van der Waals surface area contributed by atoms with Crippen molar-refractivity contribution < 1.29 is 38.4 Å². The van der Waals surface area contributed by atoms with Crippen molar-refractivity contribution in [1.29, 1.82) is 0 Å². The van der Waals surface area contributed by atoms with Gasteiger partial charge in [0.25, 0.3) is 0 Å². The summed E-state index contributed by atoms with van der Waals surface area (Å²) in [6.07, 6.45) is 5.35. The van der Waals surface area contributed by atoms with Gasteiger partial charge in [0.1, 0.15) is 0 Å². The van der Waals surface area contributed by atoms with Crippen LogP contribution in [0.4, 0.5) is 95.2 Å². The van der Waals surface area contributed by atoms with E-state index in [1.54, 1.807) is 6.08 Å². The van der Waals surface area contributed by atoms with E-state index in [0.717, 1.165) is 134 Å². The van der Waals surface area contributed by atoms with Crippen molar-refractivity contribution in [3.8, 4) is 0 Å². The molecule has 0 aliphatic carbocycles. The molecular weight excluding hydrogens is 1620 g/mol.